The Morgan fingerprint density at radius 3 is 2.47 bits per heavy atom. The van der Waals surface area contributed by atoms with Crippen LogP contribution in [0.5, 0.6) is 0 Å². The smallest absolute Gasteiger partial charge is 0.256 e. The molecule has 8 nitrogen and oxygen atoms in total. The van der Waals surface area contributed by atoms with Crippen LogP contribution in [0.3, 0.4) is 0 Å². The molecule has 0 radical (unpaired) electrons. The lowest BCUT2D eigenvalue weighted by molar-refractivity contribution is 0.0949. The number of sulfonamides is 1. The highest BCUT2D eigenvalue weighted by Gasteiger charge is 2.23. The summed E-state index contributed by atoms with van der Waals surface area (Å²) < 4.78 is 27.1. The fourth-order valence-corrected chi connectivity index (χ4v) is 6.69. The van der Waals surface area contributed by atoms with Gasteiger partial charge in [0.05, 0.1) is 4.90 Å². The van der Waals surface area contributed by atoms with Gasteiger partial charge in [0.25, 0.3) is 5.91 Å². The molecule has 9 heteroatoms. The van der Waals surface area contributed by atoms with Crippen molar-refractivity contribution in [2.75, 3.05) is 39.3 Å². The number of H-pyrrole nitrogens is 1. The van der Waals surface area contributed by atoms with Crippen molar-refractivity contribution >= 4 is 26.8 Å². The zero-order valence-corrected chi connectivity index (χ0v) is 23.1. The van der Waals surface area contributed by atoms with Crippen LogP contribution in [-0.2, 0) is 16.4 Å². The number of rotatable bonds is 11. The van der Waals surface area contributed by atoms with Gasteiger partial charge in [-0.1, -0.05) is 44.2 Å². The first-order valence-electron chi connectivity index (χ1n) is 13.5. The number of piperidine rings is 1. The van der Waals surface area contributed by atoms with Crippen LogP contribution in [0.2, 0.25) is 0 Å². The Labute approximate surface area is 225 Å². The van der Waals surface area contributed by atoms with Gasteiger partial charge in [-0.05, 0) is 75.0 Å². The van der Waals surface area contributed by atoms with Crippen LogP contribution < -0.4 is 10.7 Å². The number of pyridine rings is 1. The van der Waals surface area contributed by atoms with Crippen molar-refractivity contribution in [1.29, 1.82) is 0 Å². The molecule has 0 spiro atoms. The number of carbonyl (C=O) groups excluding carboxylic acids is 1. The molecule has 1 saturated heterocycles. The Kier molecular flexibility index (Phi) is 9.35. The number of aromatic amines is 1. The molecule has 3 aromatic rings. The Bertz CT molecular complexity index is 1390. The zero-order valence-electron chi connectivity index (χ0n) is 22.3. The molecule has 0 aliphatic carbocycles. The summed E-state index contributed by atoms with van der Waals surface area (Å²) in [6, 6.07) is 15.1. The molecule has 1 aliphatic rings. The summed E-state index contributed by atoms with van der Waals surface area (Å²) in [4.78, 5) is 31.3. The summed E-state index contributed by atoms with van der Waals surface area (Å²) in [6.45, 7) is 7.71. The number of fused-ring (bicyclic) bond motifs is 1. The Balaban J connectivity index is 1.30. The summed E-state index contributed by atoms with van der Waals surface area (Å²) in [5, 5.41) is 3.04. The van der Waals surface area contributed by atoms with E-state index in [1.54, 1.807) is 19.9 Å². The number of amides is 1. The van der Waals surface area contributed by atoms with Gasteiger partial charge in [0.1, 0.15) is 5.56 Å². The van der Waals surface area contributed by atoms with E-state index in [1.807, 2.05) is 0 Å². The Morgan fingerprint density at radius 1 is 1.08 bits per heavy atom. The largest absolute Gasteiger partial charge is 0.360 e. The van der Waals surface area contributed by atoms with E-state index in [0.29, 0.717) is 25.2 Å². The number of hydrogen-bond acceptors (Lipinski definition) is 5. The Hall–Kier alpha value is -3.01. The second kappa shape index (κ2) is 12.7. The van der Waals surface area contributed by atoms with E-state index < -0.39 is 21.4 Å². The van der Waals surface area contributed by atoms with Crippen LogP contribution in [0, 0.1) is 5.92 Å². The minimum absolute atomic E-state index is 0.0170. The molecular weight excluding hydrogens is 500 g/mol. The van der Waals surface area contributed by atoms with E-state index in [2.05, 4.69) is 45.5 Å². The highest BCUT2D eigenvalue weighted by Crippen LogP contribution is 2.22. The molecule has 2 aromatic carbocycles. The zero-order chi connectivity index (χ0) is 27.1. The van der Waals surface area contributed by atoms with Gasteiger partial charge in [0.2, 0.25) is 15.5 Å². The van der Waals surface area contributed by atoms with Gasteiger partial charge < -0.3 is 15.2 Å². The normalized spacial score (nSPS) is 15.2. The predicted octanol–water partition coefficient (Wildman–Crippen LogP) is 3.63. The first kappa shape index (κ1) is 28.0. The average Bonchev–Trinajstić information content (AvgIpc) is 2.93. The summed E-state index contributed by atoms with van der Waals surface area (Å²) in [5.41, 5.74) is 1.39. The van der Waals surface area contributed by atoms with Crippen molar-refractivity contribution in [3.8, 4) is 0 Å². The van der Waals surface area contributed by atoms with Crippen molar-refractivity contribution in [2.45, 2.75) is 44.4 Å². The molecule has 0 atom stereocenters. The average molecular weight is 539 g/mol. The second-order valence-electron chi connectivity index (χ2n) is 9.91. The number of benzene rings is 2. The standard InChI is InChI=1S/C29H38N4O4S/c1-3-33(4-2)38(36,37)24-11-12-27-25(20-24)28(34)26(21-31-27)29(35)30-15-8-16-32-17-13-23(14-18-32)19-22-9-6-5-7-10-22/h5-7,9-12,20-21,23H,3-4,8,13-19H2,1-2H3,(H,30,35)(H,31,34). The van der Waals surface area contributed by atoms with Gasteiger partial charge in [-0.25, -0.2) is 8.42 Å². The van der Waals surface area contributed by atoms with Crippen molar-refractivity contribution in [3.05, 3.63) is 76.1 Å². The highest BCUT2D eigenvalue weighted by molar-refractivity contribution is 7.89. The van der Waals surface area contributed by atoms with E-state index in [4.69, 9.17) is 0 Å². The van der Waals surface area contributed by atoms with Gasteiger partial charge in [-0.2, -0.15) is 4.31 Å². The number of likely N-dealkylation sites (tertiary alicyclic amines) is 1. The lowest BCUT2D eigenvalue weighted by atomic mass is 9.90. The highest BCUT2D eigenvalue weighted by atomic mass is 32.2. The third kappa shape index (κ3) is 6.51. The van der Waals surface area contributed by atoms with Gasteiger partial charge in [-0.3, -0.25) is 9.59 Å². The molecule has 4 rings (SSSR count). The van der Waals surface area contributed by atoms with E-state index in [0.717, 1.165) is 38.4 Å². The number of carbonyl (C=O) groups is 1. The first-order chi connectivity index (χ1) is 18.3. The topological polar surface area (TPSA) is 103 Å². The molecule has 2 heterocycles. The quantitative estimate of drug-likeness (QED) is 0.363. The van der Waals surface area contributed by atoms with Crippen LogP contribution in [0.4, 0.5) is 0 Å². The fourth-order valence-electron chi connectivity index (χ4n) is 5.20. The van der Waals surface area contributed by atoms with Crippen molar-refractivity contribution < 1.29 is 13.2 Å². The molecule has 38 heavy (non-hydrogen) atoms. The summed E-state index contributed by atoms with van der Waals surface area (Å²) in [5.74, 6) is 0.266. The maximum Gasteiger partial charge on any atom is 0.256 e. The van der Waals surface area contributed by atoms with Crippen molar-refractivity contribution in [3.63, 3.8) is 0 Å². The van der Waals surface area contributed by atoms with Gasteiger partial charge in [-0.15, -0.1) is 0 Å². The van der Waals surface area contributed by atoms with Crippen LogP contribution in [0.25, 0.3) is 10.9 Å². The minimum Gasteiger partial charge on any atom is -0.360 e. The Morgan fingerprint density at radius 2 is 1.79 bits per heavy atom. The molecule has 1 fully saturated rings. The molecule has 2 N–H and O–H groups in total. The maximum absolute atomic E-state index is 13.1. The molecule has 1 aliphatic heterocycles. The monoisotopic (exact) mass is 538 g/mol. The molecule has 0 unspecified atom stereocenters. The summed E-state index contributed by atoms with van der Waals surface area (Å²) >= 11 is 0. The SMILES string of the molecule is CCN(CC)S(=O)(=O)c1ccc2[nH]cc(C(=O)NCCCN3CCC(Cc4ccccc4)CC3)c(=O)c2c1. The number of hydrogen-bond donors (Lipinski definition) is 2. The third-order valence-electron chi connectivity index (χ3n) is 7.45. The van der Waals surface area contributed by atoms with Gasteiger partial charge >= 0.3 is 0 Å². The molecular formula is C29H38N4O4S. The van der Waals surface area contributed by atoms with Crippen LogP contribution in [0.1, 0.15) is 49.0 Å². The number of nitrogens with zero attached hydrogens (tertiary/aromatic N) is 2. The van der Waals surface area contributed by atoms with E-state index in [-0.39, 0.29) is 15.8 Å². The van der Waals surface area contributed by atoms with E-state index in [1.165, 1.54) is 41.0 Å². The van der Waals surface area contributed by atoms with Crippen molar-refractivity contribution in [2.24, 2.45) is 5.92 Å². The number of nitrogens with one attached hydrogen (secondary N) is 2. The lowest BCUT2D eigenvalue weighted by Crippen LogP contribution is -2.37. The molecule has 0 bridgehead atoms. The van der Waals surface area contributed by atoms with Gasteiger partial charge in [0.15, 0.2) is 0 Å². The predicted molar refractivity (Wildman–Crippen MR) is 151 cm³/mol. The number of aromatic nitrogens is 1. The first-order valence-corrected chi connectivity index (χ1v) is 15.0. The molecule has 204 valence electrons. The third-order valence-corrected chi connectivity index (χ3v) is 9.50. The summed E-state index contributed by atoms with van der Waals surface area (Å²) in [7, 11) is -3.72. The van der Waals surface area contributed by atoms with Crippen LogP contribution >= 0.6 is 0 Å². The molecule has 1 aromatic heterocycles. The minimum atomic E-state index is -3.72. The van der Waals surface area contributed by atoms with E-state index >= 15 is 0 Å². The molecule has 1 amide bonds. The van der Waals surface area contributed by atoms with Gasteiger partial charge in [0, 0.05) is 36.7 Å². The van der Waals surface area contributed by atoms with E-state index in [9.17, 15) is 18.0 Å². The molecule has 0 saturated carbocycles. The summed E-state index contributed by atoms with van der Waals surface area (Å²) in [6.07, 6.45) is 5.69. The fraction of sp³-hybridized carbons (Fsp3) is 0.448. The van der Waals surface area contributed by atoms with Crippen LogP contribution in [0.15, 0.2) is 64.4 Å². The van der Waals surface area contributed by atoms with Crippen molar-refractivity contribution in [1.82, 2.24) is 19.5 Å². The van der Waals surface area contributed by atoms with Crippen LogP contribution in [-0.4, -0.2) is 67.8 Å². The maximum atomic E-state index is 13.1. The second-order valence-corrected chi connectivity index (χ2v) is 11.9. The lowest BCUT2D eigenvalue weighted by Gasteiger charge is -2.32.